The summed E-state index contributed by atoms with van der Waals surface area (Å²) in [6, 6.07) is 1.39. The molecular formula is C12H13F3N2O. The van der Waals surface area contributed by atoms with E-state index in [1.54, 1.807) is 0 Å². The maximum Gasteiger partial charge on any atom is 0.251 e. The molecule has 2 N–H and O–H groups in total. The molecule has 0 saturated carbocycles. The van der Waals surface area contributed by atoms with Crippen molar-refractivity contribution < 1.29 is 18.0 Å². The lowest BCUT2D eigenvalue weighted by Crippen LogP contribution is -2.47. The highest BCUT2D eigenvalue weighted by Gasteiger charge is 2.30. The molecule has 0 bridgehead atoms. The Labute approximate surface area is 102 Å². The van der Waals surface area contributed by atoms with Crippen LogP contribution in [0.25, 0.3) is 0 Å². The average Bonchev–Trinajstić information content (AvgIpc) is 2.71. The molecule has 0 aliphatic carbocycles. The maximum absolute atomic E-state index is 13.0. The van der Waals surface area contributed by atoms with Crippen molar-refractivity contribution >= 4 is 5.91 Å². The molecule has 3 nitrogen and oxygen atoms in total. The Balaban J connectivity index is 2.19. The van der Waals surface area contributed by atoms with Gasteiger partial charge in [0.2, 0.25) is 0 Å². The molecule has 1 unspecified atom stereocenters. The van der Waals surface area contributed by atoms with Gasteiger partial charge in [-0.25, -0.2) is 13.2 Å². The van der Waals surface area contributed by atoms with E-state index >= 15 is 0 Å². The molecule has 1 aliphatic rings. The predicted molar refractivity (Wildman–Crippen MR) is 59.7 cm³/mol. The molecule has 0 radical (unpaired) electrons. The van der Waals surface area contributed by atoms with Crippen molar-refractivity contribution in [3.8, 4) is 0 Å². The Bertz CT molecular complexity index is 461. The van der Waals surface area contributed by atoms with Gasteiger partial charge in [-0.2, -0.15) is 0 Å². The molecule has 98 valence electrons. The normalized spacial score (nSPS) is 23.1. The van der Waals surface area contributed by atoms with Crippen molar-refractivity contribution in [2.24, 2.45) is 0 Å². The second-order valence-corrected chi connectivity index (χ2v) is 4.70. The zero-order valence-electron chi connectivity index (χ0n) is 9.82. The van der Waals surface area contributed by atoms with Crippen LogP contribution in [0.3, 0.4) is 0 Å². The van der Waals surface area contributed by atoms with Crippen LogP contribution in [0.1, 0.15) is 23.7 Å². The van der Waals surface area contributed by atoms with Gasteiger partial charge in [-0.05, 0) is 32.0 Å². The highest BCUT2D eigenvalue weighted by molar-refractivity contribution is 5.94. The van der Waals surface area contributed by atoms with Crippen molar-refractivity contribution in [1.82, 2.24) is 10.6 Å². The van der Waals surface area contributed by atoms with Crippen molar-refractivity contribution in [2.75, 3.05) is 13.1 Å². The first-order valence-electron chi connectivity index (χ1n) is 5.59. The Kier molecular flexibility index (Phi) is 3.30. The van der Waals surface area contributed by atoms with Crippen molar-refractivity contribution in [2.45, 2.75) is 18.9 Å². The third-order valence-corrected chi connectivity index (χ3v) is 3.03. The largest absolute Gasteiger partial charge is 0.346 e. The highest BCUT2D eigenvalue weighted by Crippen LogP contribution is 2.17. The summed E-state index contributed by atoms with van der Waals surface area (Å²) in [6.45, 7) is 3.19. The van der Waals surface area contributed by atoms with Crippen LogP contribution in [0, 0.1) is 17.5 Å². The Morgan fingerprint density at radius 3 is 2.44 bits per heavy atom. The van der Waals surface area contributed by atoms with E-state index in [0.717, 1.165) is 13.0 Å². The Hall–Kier alpha value is -1.56. The van der Waals surface area contributed by atoms with Gasteiger partial charge >= 0.3 is 0 Å². The van der Waals surface area contributed by atoms with E-state index in [0.29, 0.717) is 18.7 Å². The van der Waals surface area contributed by atoms with Gasteiger partial charge in [-0.15, -0.1) is 0 Å². The van der Waals surface area contributed by atoms with E-state index in [-0.39, 0.29) is 5.56 Å². The smallest absolute Gasteiger partial charge is 0.251 e. The molecule has 1 atom stereocenters. The molecule has 2 rings (SSSR count). The van der Waals surface area contributed by atoms with Crippen molar-refractivity contribution in [1.29, 1.82) is 0 Å². The van der Waals surface area contributed by atoms with Gasteiger partial charge in [-0.3, -0.25) is 4.79 Å². The molecule has 1 amide bonds. The Morgan fingerprint density at radius 2 is 1.94 bits per heavy atom. The molecule has 1 aliphatic heterocycles. The van der Waals surface area contributed by atoms with Crippen molar-refractivity contribution in [3.63, 3.8) is 0 Å². The molecule has 1 fully saturated rings. The number of carbonyl (C=O) groups excluding carboxylic acids is 1. The van der Waals surface area contributed by atoms with Crippen LogP contribution in [0.4, 0.5) is 13.2 Å². The molecule has 1 aromatic rings. The average molecular weight is 258 g/mol. The van der Waals surface area contributed by atoms with Gasteiger partial charge in [-0.1, -0.05) is 0 Å². The lowest BCUT2D eigenvalue weighted by Gasteiger charge is -2.24. The van der Waals surface area contributed by atoms with Gasteiger partial charge in [0.05, 0.1) is 5.54 Å². The van der Waals surface area contributed by atoms with Crippen LogP contribution in [-0.4, -0.2) is 24.5 Å². The lowest BCUT2D eigenvalue weighted by molar-refractivity contribution is 0.0912. The maximum atomic E-state index is 13.0. The number of halogens is 3. The Morgan fingerprint density at radius 1 is 1.33 bits per heavy atom. The first-order valence-corrected chi connectivity index (χ1v) is 5.59. The standard InChI is InChI=1S/C12H13F3N2O/c1-12(2-3-16-6-12)17-11(18)7-4-8(13)10(15)9(14)5-7/h4-5,16H,2-3,6H2,1H3,(H,17,18). The topological polar surface area (TPSA) is 41.1 Å². The fourth-order valence-electron chi connectivity index (χ4n) is 1.96. The quantitative estimate of drug-likeness (QED) is 0.791. The van der Waals surface area contributed by atoms with E-state index in [9.17, 15) is 18.0 Å². The molecule has 0 spiro atoms. The highest BCUT2D eigenvalue weighted by atomic mass is 19.2. The molecule has 1 saturated heterocycles. The zero-order chi connectivity index (χ0) is 13.3. The number of nitrogens with one attached hydrogen (secondary N) is 2. The second kappa shape index (κ2) is 4.61. The van der Waals surface area contributed by atoms with Gasteiger partial charge in [0.25, 0.3) is 5.91 Å². The lowest BCUT2D eigenvalue weighted by atomic mass is 10.0. The summed E-state index contributed by atoms with van der Waals surface area (Å²) in [5.41, 5.74) is -0.669. The van der Waals surface area contributed by atoms with E-state index < -0.39 is 28.9 Å². The summed E-state index contributed by atoms with van der Waals surface area (Å²) < 4.78 is 38.8. The number of rotatable bonds is 2. The summed E-state index contributed by atoms with van der Waals surface area (Å²) in [4.78, 5) is 11.8. The predicted octanol–water partition coefficient (Wildman–Crippen LogP) is 1.59. The third kappa shape index (κ3) is 2.48. The number of amides is 1. The number of hydrogen-bond donors (Lipinski definition) is 2. The minimum absolute atomic E-state index is 0.223. The van der Waals surface area contributed by atoms with Crippen LogP contribution in [0.15, 0.2) is 12.1 Å². The molecule has 1 aromatic carbocycles. The monoisotopic (exact) mass is 258 g/mol. The van der Waals surface area contributed by atoms with Gasteiger partial charge in [0, 0.05) is 12.1 Å². The summed E-state index contributed by atoms with van der Waals surface area (Å²) in [7, 11) is 0. The SMILES string of the molecule is CC1(NC(=O)c2cc(F)c(F)c(F)c2)CCNC1. The minimum Gasteiger partial charge on any atom is -0.346 e. The number of carbonyl (C=O) groups is 1. The molecular weight excluding hydrogens is 245 g/mol. The minimum atomic E-state index is -1.57. The summed E-state index contributed by atoms with van der Waals surface area (Å²) in [6.07, 6.45) is 0.727. The van der Waals surface area contributed by atoms with Gasteiger partial charge < -0.3 is 10.6 Å². The summed E-state index contributed by atoms with van der Waals surface area (Å²) >= 11 is 0. The van der Waals surface area contributed by atoms with Gasteiger partial charge in [0.15, 0.2) is 17.5 Å². The summed E-state index contributed by atoms with van der Waals surface area (Å²) in [5.74, 6) is -4.91. The van der Waals surface area contributed by atoms with Gasteiger partial charge in [0.1, 0.15) is 0 Å². The van der Waals surface area contributed by atoms with Crippen LogP contribution < -0.4 is 10.6 Å². The van der Waals surface area contributed by atoms with Crippen LogP contribution in [0.5, 0.6) is 0 Å². The fourth-order valence-corrected chi connectivity index (χ4v) is 1.96. The number of hydrogen-bond acceptors (Lipinski definition) is 2. The first-order chi connectivity index (χ1) is 8.41. The molecule has 1 heterocycles. The molecule has 0 aromatic heterocycles. The first kappa shape index (κ1) is 12.9. The van der Waals surface area contributed by atoms with Crippen LogP contribution in [0.2, 0.25) is 0 Å². The van der Waals surface area contributed by atoms with E-state index in [4.69, 9.17) is 0 Å². The van der Waals surface area contributed by atoms with E-state index in [1.807, 2.05) is 6.92 Å². The van der Waals surface area contributed by atoms with E-state index in [2.05, 4.69) is 10.6 Å². The van der Waals surface area contributed by atoms with Crippen LogP contribution >= 0.6 is 0 Å². The zero-order valence-corrected chi connectivity index (χ0v) is 9.82. The molecule has 18 heavy (non-hydrogen) atoms. The van der Waals surface area contributed by atoms with Crippen LogP contribution in [-0.2, 0) is 0 Å². The van der Waals surface area contributed by atoms with E-state index in [1.165, 1.54) is 0 Å². The molecule has 6 heteroatoms. The second-order valence-electron chi connectivity index (χ2n) is 4.70. The van der Waals surface area contributed by atoms with Crippen molar-refractivity contribution in [3.05, 3.63) is 35.1 Å². The third-order valence-electron chi connectivity index (χ3n) is 3.03. The summed E-state index contributed by atoms with van der Waals surface area (Å²) in [5, 5.41) is 5.77. The fraction of sp³-hybridized carbons (Fsp3) is 0.417. The number of benzene rings is 1.